The number of carbonyl (C=O) groups excluding carboxylic acids is 1. The van der Waals surface area contributed by atoms with Crippen LogP contribution in [0.25, 0.3) is 21.8 Å². The predicted molar refractivity (Wildman–Crippen MR) is 91.8 cm³/mol. The number of nitrogens with one attached hydrogen (secondary N) is 4. The zero-order valence-corrected chi connectivity index (χ0v) is 12.5. The van der Waals surface area contributed by atoms with Gasteiger partial charge in [0.15, 0.2) is 0 Å². The third-order valence-corrected chi connectivity index (χ3v) is 3.68. The first-order valence-electron chi connectivity index (χ1n) is 7.34. The van der Waals surface area contributed by atoms with E-state index in [-0.39, 0.29) is 17.4 Å². The molecule has 0 saturated carbocycles. The summed E-state index contributed by atoms with van der Waals surface area (Å²) < 4.78 is 0. The fraction of sp³-hybridized carbons (Fsp3) is 0. The Morgan fingerprint density at radius 2 is 1.79 bits per heavy atom. The van der Waals surface area contributed by atoms with Crippen molar-refractivity contribution in [2.75, 3.05) is 5.43 Å². The van der Waals surface area contributed by atoms with Crippen LogP contribution in [0.4, 0.5) is 5.95 Å². The van der Waals surface area contributed by atoms with E-state index in [4.69, 9.17) is 0 Å². The van der Waals surface area contributed by atoms with Crippen LogP contribution in [-0.4, -0.2) is 20.9 Å². The number of amides is 1. The molecule has 0 radical (unpaired) electrons. The second kappa shape index (κ2) is 5.54. The Balaban J connectivity index is 1.56. The van der Waals surface area contributed by atoms with Crippen molar-refractivity contribution in [1.82, 2.24) is 20.4 Å². The summed E-state index contributed by atoms with van der Waals surface area (Å²) in [7, 11) is 0. The number of para-hydroxylation sites is 2. The molecule has 7 nitrogen and oxygen atoms in total. The third kappa shape index (κ3) is 2.48. The highest BCUT2D eigenvalue weighted by molar-refractivity contribution is 5.98. The average Bonchev–Trinajstić information content (AvgIpc) is 3.04. The van der Waals surface area contributed by atoms with Crippen molar-refractivity contribution in [3.8, 4) is 0 Å². The predicted octanol–water partition coefficient (Wildman–Crippen LogP) is 2.16. The molecule has 0 unspecified atom stereocenters. The van der Waals surface area contributed by atoms with Gasteiger partial charge in [-0.25, -0.2) is 4.98 Å². The molecule has 1 amide bonds. The van der Waals surface area contributed by atoms with E-state index in [0.717, 1.165) is 10.9 Å². The van der Waals surface area contributed by atoms with Gasteiger partial charge in [0.25, 0.3) is 11.5 Å². The molecule has 2 heterocycles. The summed E-state index contributed by atoms with van der Waals surface area (Å²) in [6.07, 6.45) is 0. The zero-order chi connectivity index (χ0) is 16.5. The summed E-state index contributed by atoms with van der Waals surface area (Å²) in [5.74, 6) is -0.190. The number of benzene rings is 2. The first-order valence-corrected chi connectivity index (χ1v) is 7.34. The molecule has 0 spiro atoms. The van der Waals surface area contributed by atoms with Crippen molar-refractivity contribution < 1.29 is 4.79 Å². The van der Waals surface area contributed by atoms with Crippen LogP contribution in [0, 0.1) is 0 Å². The minimum absolute atomic E-state index is 0.170. The molecule has 7 heteroatoms. The number of anilines is 1. The van der Waals surface area contributed by atoms with Gasteiger partial charge in [-0.3, -0.25) is 25.4 Å². The van der Waals surface area contributed by atoms with Gasteiger partial charge in [-0.1, -0.05) is 30.3 Å². The maximum absolute atomic E-state index is 12.2. The molecule has 4 aromatic rings. The molecule has 0 saturated heterocycles. The van der Waals surface area contributed by atoms with Crippen LogP contribution >= 0.6 is 0 Å². The highest BCUT2D eigenvalue weighted by atomic mass is 16.2. The van der Waals surface area contributed by atoms with Gasteiger partial charge in [-0.2, -0.15) is 0 Å². The molecule has 0 fully saturated rings. The molecule has 118 valence electrons. The average molecular weight is 319 g/mol. The van der Waals surface area contributed by atoms with Crippen molar-refractivity contribution in [1.29, 1.82) is 0 Å². The van der Waals surface area contributed by atoms with Crippen LogP contribution in [0.1, 0.15) is 10.5 Å². The highest BCUT2D eigenvalue weighted by Crippen LogP contribution is 2.14. The summed E-state index contributed by atoms with van der Waals surface area (Å²) in [5.41, 5.74) is 6.70. The van der Waals surface area contributed by atoms with Gasteiger partial charge >= 0.3 is 0 Å². The van der Waals surface area contributed by atoms with Crippen molar-refractivity contribution >= 4 is 33.7 Å². The van der Waals surface area contributed by atoms with Crippen molar-refractivity contribution in [2.24, 2.45) is 0 Å². The van der Waals surface area contributed by atoms with Crippen molar-refractivity contribution in [3.63, 3.8) is 0 Å². The van der Waals surface area contributed by atoms with Gasteiger partial charge in [0.05, 0.1) is 10.9 Å². The maximum Gasteiger partial charge on any atom is 0.286 e. The molecule has 0 aliphatic rings. The Morgan fingerprint density at radius 3 is 2.67 bits per heavy atom. The van der Waals surface area contributed by atoms with E-state index < -0.39 is 0 Å². The van der Waals surface area contributed by atoms with E-state index in [1.54, 1.807) is 30.3 Å². The summed E-state index contributed by atoms with van der Waals surface area (Å²) >= 11 is 0. The number of aromatic amines is 2. The number of hydrogen-bond acceptors (Lipinski definition) is 4. The summed E-state index contributed by atoms with van der Waals surface area (Å²) in [6, 6.07) is 16.3. The van der Waals surface area contributed by atoms with Gasteiger partial charge in [-0.05, 0) is 24.3 Å². The van der Waals surface area contributed by atoms with Gasteiger partial charge < -0.3 is 4.98 Å². The van der Waals surface area contributed by atoms with Crippen LogP contribution in [0.3, 0.4) is 0 Å². The Bertz CT molecular complexity index is 1080. The molecule has 0 aliphatic heterocycles. The Hall–Kier alpha value is -3.61. The fourth-order valence-electron chi connectivity index (χ4n) is 2.52. The Kier molecular flexibility index (Phi) is 3.24. The first kappa shape index (κ1) is 14.0. The lowest BCUT2D eigenvalue weighted by molar-refractivity contribution is 0.0958. The number of hydrazine groups is 1. The summed E-state index contributed by atoms with van der Waals surface area (Å²) in [4.78, 5) is 34.1. The molecule has 24 heavy (non-hydrogen) atoms. The van der Waals surface area contributed by atoms with Crippen LogP contribution in [-0.2, 0) is 0 Å². The molecule has 0 atom stereocenters. The van der Waals surface area contributed by atoms with E-state index in [9.17, 15) is 9.59 Å². The molecular weight excluding hydrogens is 306 g/mol. The van der Waals surface area contributed by atoms with E-state index in [0.29, 0.717) is 16.6 Å². The quantitative estimate of drug-likeness (QED) is 0.434. The zero-order valence-electron chi connectivity index (χ0n) is 12.5. The summed E-state index contributed by atoms with van der Waals surface area (Å²) in [6.45, 7) is 0. The monoisotopic (exact) mass is 319 g/mol. The van der Waals surface area contributed by atoms with Crippen LogP contribution in [0.5, 0.6) is 0 Å². The lowest BCUT2D eigenvalue weighted by Gasteiger charge is -2.07. The van der Waals surface area contributed by atoms with Gasteiger partial charge in [0, 0.05) is 10.9 Å². The smallest absolute Gasteiger partial charge is 0.286 e. The number of nitrogens with zero attached hydrogens (tertiary/aromatic N) is 1. The molecule has 2 aromatic carbocycles. The number of fused-ring (bicyclic) bond motifs is 2. The highest BCUT2D eigenvalue weighted by Gasteiger charge is 2.10. The van der Waals surface area contributed by atoms with E-state index in [2.05, 4.69) is 25.8 Å². The largest absolute Gasteiger partial charge is 0.350 e. The van der Waals surface area contributed by atoms with E-state index in [1.165, 1.54) is 0 Å². The minimum Gasteiger partial charge on any atom is -0.350 e. The second-order valence-electron chi connectivity index (χ2n) is 5.28. The van der Waals surface area contributed by atoms with Gasteiger partial charge in [-0.15, -0.1) is 0 Å². The number of hydrogen-bond donors (Lipinski definition) is 4. The number of H-pyrrole nitrogens is 2. The minimum atomic E-state index is -0.359. The topological polar surface area (TPSA) is 103 Å². The SMILES string of the molecule is O=C(NNc1nc2ccccc2c(=O)[nH]1)c1cc2ccccc2[nH]1. The third-order valence-electron chi connectivity index (χ3n) is 3.68. The Labute approximate surface area is 135 Å². The van der Waals surface area contributed by atoms with Crippen LogP contribution < -0.4 is 16.4 Å². The fourth-order valence-corrected chi connectivity index (χ4v) is 2.52. The lowest BCUT2D eigenvalue weighted by Crippen LogP contribution is -2.31. The number of carbonyl (C=O) groups is 1. The molecule has 4 rings (SSSR count). The number of rotatable bonds is 3. The first-order chi connectivity index (χ1) is 11.7. The molecular formula is C17H13N5O2. The lowest BCUT2D eigenvalue weighted by atomic mass is 10.2. The van der Waals surface area contributed by atoms with Crippen LogP contribution in [0.2, 0.25) is 0 Å². The van der Waals surface area contributed by atoms with Gasteiger partial charge in [0.1, 0.15) is 5.69 Å². The molecule has 2 aromatic heterocycles. The normalized spacial score (nSPS) is 10.8. The number of aromatic nitrogens is 3. The van der Waals surface area contributed by atoms with Crippen molar-refractivity contribution in [3.05, 3.63) is 70.6 Å². The Morgan fingerprint density at radius 1 is 1.00 bits per heavy atom. The van der Waals surface area contributed by atoms with E-state index >= 15 is 0 Å². The summed E-state index contributed by atoms with van der Waals surface area (Å²) in [5, 5.41) is 1.44. The second-order valence-corrected chi connectivity index (χ2v) is 5.28. The molecule has 0 bridgehead atoms. The molecule has 4 N–H and O–H groups in total. The standard InChI is InChI=1S/C17H13N5O2/c23-15-11-6-2-4-8-13(11)19-17(20-15)22-21-16(24)14-9-10-5-1-3-7-12(10)18-14/h1-9,18H,(H,21,24)(H2,19,20,22,23). The van der Waals surface area contributed by atoms with Crippen molar-refractivity contribution in [2.45, 2.75) is 0 Å². The van der Waals surface area contributed by atoms with Crippen LogP contribution in [0.15, 0.2) is 59.4 Å². The maximum atomic E-state index is 12.2. The molecule has 0 aliphatic carbocycles. The van der Waals surface area contributed by atoms with Gasteiger partial charge in [0.2, 0.25) is 5.95 Å². The van der Waals surface area contributed by atoms with E-state index in [1.807, 2.05) is 24.3 Å².